The molecule has 0 saturated carbocycles. The second-order valence-corrected chi connectivity index (χ2v) is 7.00. The van der Waals surface area contributed by atoms with Crippen molar-refractivity contribution >= 4 is 34.4 Å². The highest BCUT2D eigenvalue weighted by molar-refractivity contribution is 6.30. The SMILES string of the molecule is O=C(O)[C@@H]1CN(C(=O)c2cccc3cc[nH]c23)C[C@H]1c1ccc(Cl)cc1. The lowest BCUT2D eigenvalue weighted by atomic mass is 9.89. The van der Waals surface area contributed by atoms with E-state index >= 15 is 0 Å². The second-order valence-electron chi connectivity index (χ2n) is 6.56. The zero-order chi connectivity index (χ0) is 18.3. The second kappa shape index (κ2) is 6.50. The van der Waals surface area contributed by atoms with E-state index in [0.29, 0.717) is 17.1 Å². The van der Waals surface area contributed by atoms with E-state index in [4.69, 9.17) is 11.6 Å². The van der Waals surface area contributed by atoms with Crippen molar-refractivity contribution in [2.24, 2.45) is 5.92 Å². The first kappa shape index (κ1) is 16.7. The lowest BCUT2D eigenvalue weighted by molar-refractivity contribution is -0.141. The van der Waals surface area contributed by atoms with Crippen LogP contribution in [0, 0.1) is 5.92 Å². The van der Waals surface area contributed by atoms with Crippen molar-refractivity contribution in [2.45, 2.75) is 5.92 Å². The van der Waals surface area contributed by atoms with Crippen LogP contribution in [0.4, 0.5) is 0 Å². The number of aromatic nitrogens is 1. The molecule has 2 atom stereocenters. The van der Waals surface area contributed by atoms with Gasteiger partial charge in [0.15, 0.2) is 0 Å². The van der Waals surface area contributed by atoms with Crippen LogP contribution >= 0.6 is 11.6 Å². The molecule has 26 heavy (non-hydrogen) atoms. The first-order valence-corrected chi connectivity index (χ1v) is 8.76. The largest absolute Gasteiger partial charge is 0.481 e. The van der Waals surface area contributed by atoms with E-state index in [0.717, 1.165) is 16.5 Å². The summed E-state index contributed by atoms with van der Waals surface area (Å²) in [7, 11) is 0. The van der Waals surface area contributed by atoms with Gasteiger partial charge in [0.25, 0.3) is 5.91 Å². The minimum atomic E-state index is -0.890. The van der Waals surface area contributed by atoms with E-state index in [-0.39, 0.29) is 18.4 Å². The molecule has 2 N–H and O–H groups in total. The molecular formula is C20H17ClN2O3. The standard InChI is InChI=1S/C20H17ClN2O3/c21-14-6-4-12(5-7-14)16-10-23(11-17(16)20(25)26)19(24)15-3-1-2-13-8-9-22-18(13)15/h1-9,16-17,22H,10-11H2,(H,25,26)/t16-,17+/m0/s1. The van der Waals surface area contributed by atoms with Gasteiger partial charge in [-0.05, 0) is 29.8 Å². The highest BCUT2D eigenvalue weighted by Gasteiger charge is 2.40. The number of hydrogen-bond donors (Lipinski definition) is 2. The fourth-order valence-electron chi connectivity index (χ4n) is 3.70. The third kappa shape index (κ3) is 2.84. The Morgan fingerprint density at radius 3 is 2.58 bits per heavy atom. The summed E-state index contributed by atoms with van der Waals surface area (Å²) < 4.78 is 0. The number of rotatable bonds is 3. The quantitative estimate of drug-likeness (QED) is 0.739. The van der Waals surface area contributed by atoms with Gasteiger partial charge in [-0.1, -0.05) is 35.9 Å². The number of fused-ring (bicyclic) bond motifs is 1. The number of carboxylic acid groups (broad SMARTS) is 1. The molecule has 1 aliphatic rings. The van der Waals surface area contributed by atoms with E-state index < -0.39 is 11.9 Å². The number of nitrogens with one attached hydrogen (secondary N) is 1. The van der Waals surface area contributed by atoms with Crippen molar-refractivity contribution in [3.05, 3.63) is 70.9 Å². The van der Waals surface area contributed by atoms with Crippen LogP contribution in [0.25, 0.3) is 10.9 Å². The van der Waals surface area contributed by atoms with Crippen LogP contribution in [0.2, 0.25) is 5.02 Å². The first-order valence-electron chi connectivity index (χ1n) is 8.38. The average Bonchev–Trinajstić information content (AvgIpc) is 3.28. The van der Waals surface area contributed by atoms with Crippen molar-refractivity contribution in [1.29, 1.82) is 0 Å². The molecule has 1 saturated heterocycles. The molecule has 0 aliphatic carbocycles. The average molecular weight is 369 g/mol. The summed E-state index contributed by atoms with van der Waals surface area (Å²) in [5, 5.41) is 11.2. The van der Waals surface area contributed by atoms with Crippen LogP contribution in [0.1, 0.15) is 21.8 Å². The van der Waals surface area contributed by atoms with E-state index in [1.807, 2.05) is 30.3 Å². The van der Waals surface area contributed by atoms with Crippen LogP contribution in [0.3, 0.4) is 0 Å². The lowest BCUT2D eigenvalue weighted by Gasteiger charge is -2.17. The smallest absolute Gasteiger partial charge is 0.308 e. The summed E-state index contributed by atoms with van der Waals surface area (Å²) in [6.07, 6.45) is 1.79. The zero-order valence-corrected chi connectivity index (χ0v) is 14.6. The fraction of sp³-hybridized carbons (Fsp3) is 0.200. The molecule has 3 aromatic rings. The van der Waals surface area contributed by atoms with Crippen LogP contribution in [0.15, 0.2) is 54.7 Å². The van der Waals surface area contributed by atoms with Gasteiger partial charge in [0.2, 0.25) is 0 Å². The molecular weight excluding hydrogens is 352 g/mol. The van der Waals surface area contributed by atoms with Gasteiger partial charge in [0.1, 0.15) is 0 Å². The first-order chi connectivity index (χ1) is 12.5. The molecule has 0 spiro atoms. The Morgan fingerprint density at radius 1 is 1.08 bits per heavy atom. The number of amides is 1. The molecule has 0 bridgehead atoms. The third-order valence-corrected chi connectivity index (χ3v) is 5.29. The van der Waals surface area contributed by atoms with Gasteiger partial charge >= 0.3 is 5.97 Å². The van der Waals surface area contributed by atoms with Gasteiger partial charge in [-0.3, -0.25) is 9.59 Å². The molecule has 2 heterocycles. The highest BCUT2D eigenvalue weighted by atomic mass is 35.5. The normalized spacial score (nSPS) is 19.8. The molecule has 4 rings (SSSR count). The van der Waals surface area contributed by atoms with Gasteiger partial charge in [0.05, 0.1) is 17.0 Å². The Labute approximate surface area is 155 Å². The number of para-hydroxylation sites is 1. The summed E-state index contributed by atoms with van der Waals surface area (Å²) >= 11 is 5.94. The van der Waals surface area contributed by atoms with E-state index in [2.05, 4.69) is 4.98 Å². The van der Waals surface area contributed by atoms with E-state index in [1.54, 1.807) is 29.3 Å². The predicted octanol–water partition coefficient (Wildman–Crippen LogP) is 3.76. The Bertz CT molecular complexity index is 980. The summed E-state index contributed by atoms with van der Waals surface area (Å²) in [6, 6.07) is 14.6. The Balaban J connectivity index is 1.65. The Kier molecular flexibility index (Phi) is 4.17. The summed E-state index contributed by atoms with van der Waals surface area (Å²) in [6.45, 7) is 0.563. The fourth-order valence-corrected chi connectivity index (χ4v) is 3.83. The molecule has 1 aliphatic heterocycles. The number of carbonyl (C=O) groups excluding carboxylic acids is 1. The molecule has 1 fully saturated rings. The van der Waals surface area contributed by atoms with Gasteiger partial charge in [-0.25, -0.2) is 0 Å². The van der Waals surface area contributed by atoms with Crippen molar-refractivity contribution in [3.8, 4) is 0 Å². The molecule has 0 unspecified atom stereocenters. The number of aliphatic carboxylic acids is 1. The maximum atomic E-state index is 13.0. The summed E-state index contributed by atoms with van der Waals surface area (Å²) in [5.41, 5.74) is 2.22. The number of H-pyrrole nitrogens is 1. The Hall–Kier alpha value is -2.79. The number of nitrogens with zero attached hydrogens (tertiary/aromatic N) is 1. The van der Waals surface area contributed by atoms with Crippen molar-refractivity contribution < 1.29 is 14.7 Å². The summed E-state index contributed by atoms with van der Waals surface area (Å²) in [5.74, 6) is -1.93. The molecule has 2 aromatic carbocycles. The van der Waals surface area contributed by atoms with E-state index in [9.17, 15) is 14.7 Å². The van der Waals surface area contributed by atoms with Crippen LogP contribution in [-0.4, -0.2) is 40.0 Å². The van der Waals surface area contributed by atoms with Crippen LogP contribution in [-0.2, 0) is 4.79 Å². The monoisotopic (exact) mass is 368 g/mol. The number of hydrogen-bond acceptors (Lipinski definition) is 2. The minimum absolute atomic E-state index is 0.152. The Morgan fingerprint density at radius 2 is 1.85 bits per heavy atom. The van der Waals surface area contributed by atoms with Crippen molar-refractivity contribution in [1.82, 2.24) is 9.88 Å². The lowest BCUT2D eigenvalue weighted by Crippen LogP contribution is -2.30. The molecule has 6 heteroatoms. The predicted molar refractivity (Wildman–Crippen MR) is 99.5 cm³/mol. The van der Waals surface area contributed by atoms with Crippen molar-refractivity contribution in [3.63, 3.8) is 0 Å². The molecule has 0 radical (unpaired) electrons. The molecule has 5 nitrogen and oxygen atoms in total. The van der Waals surface area contributed by atoms with Crippen molar-refractivity contribution in [2.75, 3.05) is 13.1 Å². The van der Waals surface area contributed by atoms with Gasteiger partial charge in [-0.15, -0.1) is 0 Å². The number of halogens is 1. The maximum Gasteiger partial charge on any atom is 0.308 e. The van der Waals surface area contributed by atoms with E-state index in [1.165, 1.54) is 0 Å². The van der Waals surface area contributed by atoms with Gasteiger partial charge < -0.3 is 15.0 Å². The minimum Gasteiger partial charge on any atom is -0.481 e. The van der Waals surface area contributed by atoms with Crippen LogP contribution < -0.4 is 0 Å². The topological polar surface area (TPSA) is 73.4 Å². The number of carboxylic acids is 1. The third-order valence-electron chi connectivity index (χ3n) is 5.04. The number of carbonyl (C=O) groups is 2. The highest BCUT2D eigenvalue weighted by Crippen LogP contribution is 2.34. The van der Waals surface area contributed by atoms with Gasteiger partial charge in [-0.2, -0.15) is 0 Å². The van der Waals surface area contributed by atoms with Gasteiger partial charge in [0, 0.05) is 35.6 Å². The molecule has 132 valence electrons. The molecule has 1 amide bonds. The molecule has 1 aromatic heterocycles. The van der Waals surface area contributed by atoms with Crippen LogP contribution in [0.5, 0.6) is 0 Å². The number of benzene rings is 2. The number of likely N-dealkylation sites (tertiary alicyclic amines) is 1. The number of aromatic amines is 1. The maximum absolute atomic E-state index is 13.0. The summed E-state index contributed by atoms with van der Waals surface area (Å²) in [4.78, 5) is 29.5. The zero-order valence-electron chi connectivity index (χ0n) is 13.9.